The average molecular weight is 292 g/mol. The number of carbonyl (C=O) groups is 2. The summed E-state index contributed by atoms with van der Waals surface area (Å²) in [5.41, 5.74) is 1.24. The number of nitrogens with zero attached hydrogens (tertiary/aromatic N) is 2. The van der Waals surface area contributed by atoms with Crippen molar-refractivity contribution in [2.45, 2.75) is 20.4 Å². The Hall–Kier alpha value is -2.14. The number of carbonyl (C=O) groups excluding carboxylic acids is 2. The first kappa shape index (κ1) is 14.3. The van der Waals surface area contributed by atoms with Crippen LogP contribution in [0.15, 0.2) is 30.5 Å². The molecule has 0 aliphatic carbocycles. The molecule has 0 aliphatic heterocycles. The number of aromatic nitrogens is 2. The number of Topliss-reactive ketones (excluding diaryl/α,β-unsaturated/α-hetero) is 1. The number of benzene rings is 1. The predicted octanol–water partition coefficient (Wildman–Crippen LogP) is 3.01. The van der Waals surface area contributed by atoms with Crippen LogP contribution in [0.25, 0.3) is 0 Å². The van der Waals surface area contributed by atoms with E-state index >= 15 is 0 Å². The van der Waals surface area contributed by atoms with Gasteiger partial charge >= 0.3 is 0 Å². The molecule has 1 aromatic carbocycles. The lowest BCUT2D eigenvalue weighted by molar-refractivity contribution is 0.100. The Morgan fingerprint density at radius 3 is 2.75 bits per heavy atom. The molecule has 0 atom stereocenters. The van der Waals surface area contributed by atoms with Gasteiger partial charge in [0.25, 0.3) is 5.91 Å². The minimum Gasteiger partial charge on any atom is -0.321 e. The van der Waals surface area contributed by atoms with E-state index in [0.29, 0.717) is 22.8 Å². The van der Waals surface area contributed by atoms with Gasteiger partial charge in [0.15, 0.2) is 11.5 Å². The topological polar surface area (TPSA) is 64.0 Å². The third-order valence-electron chi connectivity index (χ3n) is 2.78. The van der Waals surface area contributed by atoms with E-state index in [0.717, 1.165) is 0 Å². The molecule has 0 aliphatic rings. The van der Waals surface area contributed by atoms with Crippen LogP contribution in [-0.4, -0.2) is 21.5 Å². The molecule has 0 saturated carbocycles. The number of nitrogens with one attached hydrogen (secondary N) is 1. The van der Waals surface area contributed by atoms with E-state index in [4.69, 9.17) is 11.6 Å². The summed E-state index contributed by atoms with van der Waals surface area (Å²) >= 11 is 5.97. The molecular formula is C14H14ClN3O2. The van der Waals surface area contributed by atoms with Crippen LogP contribution < -0.4 is 5.32 Å². The van der Waals surface area contributed by atoms with Gasteiger partial charge in [-0.3, -0.25) is 14.3 Å². The average Bonchev–Trinajstić information content (AvgIpc) is 2.80. The fourth-order valence-corrected chi connectivity index (χ4v) is 1.96. The molecule has 6 heteroatoms. The smallest absolute Gasteiger partial charge is 0.277 e. The molecule has 1 amide bonds. The third kappa shape index (κ3) is 3.05. The maximum atomic E-state index is 12.1. The van der Waals surface area contributed by atoms with Crippen LogP contribution in [0.2, 0.25) is 5.02 Å². The standard InChI is InChI=1S/C14H14ClN3O2/c1-3-18-8-12(15)13(17-18)14(20)16-11-6-4-5-10(7-11)9(2)19/h4-8H,3H2,1-2H3,(H,16,20). The normalized spacial score (nSPS) is 10.3. The first-order valence-corrected chi connectivity index (χ1v) is 6.54. The molecule has 1 aromatic heterocycles. The van der Waals surface area contributed by atoms with Gasteiger partial charge in [0, 0.05) is 24.0 Å². The Morgan fingerprint density at radius 1 is 1.40 bits per heavy atom. The van der Waals surface area contributed by atoms with E-state index in [9.17, 15) is 9.59 Å². The SMILES string of the molecule is CCn1cc(Cl)c(C(=O)Nc2cccc(C(C)=O)c2)n1. The molecule has 2 rings (SSSR count). The van der Waals surface area contributed by atoms with Crippen LogP contribution in [0.3, 0.4) is 0 Å². The van der Waals surface area contributed by atoms with Crippen LogP contribution in [0.5, 0.6) is 0 Å². The van der Waals surface area contributed by atoms with E-state index < -0.39 is 5.91 Å². The number of anilines is 1. The Morgan fingerprint density at radius 2 is 2.15 bits per heavy atom. The highest BCUT2D eigenvalue weighted by Crippen LogP contribution is 2.17. The fourth-order valence-electron chi connectivity index (χ4n) is 1.72. The molecular weight excluding hydrogens is 278 g/mol. The summed E-state index contributed by atoms with van der Waals surface area (Å²) in [5.74, 6) is -0.461. The summed E-state index contributed by atoms with van der Waals surface area (Å²) < 4.78 is 1.59. The van der Waals surface area contributed by atoms with Crippen molar-refractivity contribution in [2.75, 3.05) is 5.32 Å². The van der Waals surface area contributed by atoms with Gasteiger partial charge in [0.1, 0.15) is 0 Å². The van der Waals surface area contributed by atoms with Gasteiger partial charge in [0.05, 0.1) is 5.02 Å². The highest BCUT2D eigenvalue weighted by Gasteiger charge is 2.15. The van der Waals surface area contributed by atoms with Crippen molar-refractivity contribution in [3.05, 3.63) is 46.7 Å². The second-order valence-electron chi connectivity index (χ2n) is 4.27. The zero-order valence-electron chi connectivity index (χ0n) is 11.2. The number of rotatable bonds is 4. The van der Waals surface area contributed by atoms with E-state index in [1.54, 1.807) is 35.1 Å². The number of amides is 1. The first-order valence-electron chi connectivity index (χ1n) is 6.16. The number of hydrogen-bond acceptors (Lipinski definition) is 3. The second-order valence-corrected chi connectivity index (χ2v) is 4.68. The Kier molecular flexibility index (Phi) is 4.20. The summed E-state index contributed by atoms with van der Waals surface area (Å²) in [5, 5.41) is 7.07. The monoisotopic (exact) mass is 291 g/mol. The zero-order chi connectivity index (χ0) is 14.7. The number of aryl methyl sites for hydroxylation is 1. The van der Waals surface area contributed by atoms with Gasteiger partial charge in [0.2, 0.25) is 0 Å². The summed E-state index contributed by atoms with van der Waals surface area (Å²) in [6, 6.07) is 6.72. The minimum atomic E-state index is -0.400. The van der Waals surface area contributed by atoms with Crippen molar-refractivity contribution in [2.24, 2.45) is 0 Å². The molecule has 0 unspecified atom stereocenters. The second kappa shape index (κ2) is 5.88. The molecule has 0 fully saturated rings. The lowest BCUT2D eigenvalue weighted by Crippen LogP contribution is -2.14. The highest BCUT2D eigenvalue weighted by molar-refractivity contribution is 6.34. The maximum absolute atomic E-state index is 12.1. The molecule has 0 bridgehead atoms. The van der Waals surface area contributed by atoms with Gasteiger partial charge < -0.3 is 5.32 Å². The van der Waals surface area contributed by atoms with Crippen LogP contribution in [0.4, 0.5) is 5.69 Å². The molecule has 2 aromatic rings. The Balaban J connectivity index is 2.21. The van der Waals surface area contributed by atoms with E-state index in [1.807, 2.05) is 6.92 Å². The fraction of sp³-hybridized carbons (Fsp3) is 0.214. The van der Waals surface area contributed by atoms with E-state index in [-0.39, 0.29) is 11.5 Å². The van der Waals surface area contributed by atoms with Crippen LogP contribution in [0, 0.1) is 0 Å². The van der Waals surface area contributed by atoms with Gasteiger partial charge in [-0.1, -0.05) is 23.7 Å². The predicted molar refractivity (Wildman–Crippen MR) is 77.3 cm³/mol. The van der Waals surface area contributed by atoms with Crippen molar-refractivity contribution in [1.82, 2.24) is 9.78 Å². The summed E-state index contributed by atoms with van der Waals surface area (Å²) in [6.07, 6.45) is 1.60. The lowest BCUT2D eigenvalue weighted by atomic mass is 10.1. The molecule has 1 heterocycles. The van der Waals surface area contributed by atoms with E-state index in [1.165, 1.54) is 6.92 Å². The zero-order valence-corrected chi connectivity index (χ0v) is 11.9. The summed E-state index contributed by atoms with van der Waals surface area (Å²) in [6.45, 7) is 4.01. The quantitative estimate of drug-likeness (QED) is 0.881. The maximum Gasteiger partial charge on any atom is 0.277 e. The van der Waals surface area contributed by atoms with Gasteiger partial charge in [-0.25, -0.2) is 0 Å². The molecule has 0 radical (unpaired) electrons. The summed E-state index contributed by atoms with van der Waals surface area (Å²) in [7, 11) is 0. The molecule has 0 saturated heterocycles. The van der Waals surface area contributed by atoms with Crippen molar-refractivity contribution in [1.29, 1.82) is 0 Å². The first-order chi connectivity index (χ1) is 9.51. The molecule has 104 valence electrons. The molecule has 1 N–H and O–H groups in total. The van der Waals surface area contributed by atoms with E-state index in [2.05, 4.69) is 10.4 Å². The van der Waals surface area contributed by atoms with Crippen molar-refractivity contribution >= 4 is 29.0 Å². The molecule has 5 nitrogen and oxygen atoms in total. The minimum absolute atomic E-state index is 0.0607. The largest absolute Gasteiger partial charge is 0.321 e. The van der Waals surface area contributed by atoms with Crippen molar-refractivity contribution in [3.63, 3.8) is 0 Å². The highest BCUT2D eigenvalue weighted by atomic mass is 35.5. The van der Waals surface area contributed by atoms with Crippen molar-refractivity contribution < 1.29 is 9.59 Å². The molecule has 0 spiro atoms. The number of halogens is 1. The third-order valence-corrected chi connectivity index (χ3v) is 3.06. The van der Waals surface area contributed by atoms with Gasteiger partial charge in [-0.2, -0.15) is 5.10 Å². The van der Waals surface area contributed by atoms with Crippen LogP contribution in [-0.2, 0) is 6.54 Å². The van der Waals surface area contributed by atoms with Gasteiger partial charge in [-0.15, -0.1) is 0 Å². The van der Waals surface area contributed by atoms with Crippen LogP contribution in [0.1, 0.15) is 34.7 Å². The van der Waals surface area contributed by atoms with Crippen LogP contribution >= 0.6 is 11.6 Å². The Bertz CT molecular complexity index is 664. The molecule has 20 heavy (non-hydrogen) atoms. The number of hydrogen-bond donors (Lipinski definition) is 1. The lowest BCUT2D eigenvalue weighted by Gasteiger charge is -2.05. The van der Waals surface area contributed by atoms with Crippen molar-refractivity contribution in [3.8, 4) is 0 Å². The van der Waals surface area contributed by atoms with Gasteiger partial charge in [-0.05, 0) is 26.0 Å². The number of ketones is 1. The summed E-state index contributed by atoms with van der Waals surface area (Å²) in [4.78, 5) is 23.4. The Labute approximate surface area is 121 Å².